The highest BCUT2D eigenvalue weighted by Gasteiger charge is 2.39. The summed E-state index contributed by atoms with van der Waals surface area (Å²) in [6, 6.07) is 0.766. The van der Waals surface area contributed by atoms with E-state index >= 15 is 0 Å². The van der Waals surface area contributed by atoms with Crippen LogP contribution < -0.4 is 0 Å². The van der Waals surface area contributed by atoms with Gasteiger partial charge >= 0.3 is 8.80 Å². The highest BCUT2D eigenvalue weighted by molar-refractivity contribution is 6.60. The average molecular weight is 263 g/mol. The van der Waals surface area contributed by atoms with Crippen molar-refractivity contribution in [1.29, 1.82) is 0 Å². The molecule has 0 unspecified atom stereocenters. The van der Waals surface area contributed by atoms with Gasteiger partial charge in [0.2, 0.25) is 0 Å². The molecular formula is C11H25NO4Si. The minimum atomic E-state index is -2.49. The normalized spacial score (nSPS) is 12.2. The summed E-state index contributed by atoms with van der Waals surface area (Å²) in [4.78, 5) is 5.04. The van der Waals surface area contributed by atoms with E-state index in [4.69, 9.17) is 18.1 Å². The lowest BCUT2D eigenvalue weighted by atomic mass is 10.5. The molecule has 0 aromatic rings. The molecule has 0 radical (unpaired) electrons. The molecular weight excluding hydrogens is 238 g/mol. The number of rotatable bonds is 11. The molecule has 0 aliphatic rings. The van der Waals surface area contributed by atoms with Gasteiger partial charge in [0.05, 0.1) is 0 Å². The summed E-state index contributed by atoms with van der Waals surface area (Å²) < 4.78 is 17.2. The van der Waals surface area contributed by atoms with Gasteiger partial charge < -0.3 is 18.1 Å². The van der Waals surface area contributed by atoms with E-state index in [1.807, 2.05) is 27.7 Å². The van der Waals surface area contributed by atoms with Crippen molar-refractivity contribution >= 4 is 15.0 Å². The summed E-state index contributed by atoms with van der Waals surface area (Å²) >= 11 is 0. The lowest BCUT2D eigenvalue weighted by molar-refractivity contribution is 0.0665. The molecule has 0 rings (SSSR count). The van der Waals surface area contributed by atoms with Crippen LogP contribution in [0.25, 0.3) is 0 Å². The quantitative estimate of drug-likeness (QED) is 0.249. The van der Waals surface area contributed by atoms with Gasteiger partial charge in [-0.1, -0.05) is 5.16 Å². The minimum Gasteiger partial charge on any atom is -0.396 e. The van der Waals surface area contributed by atoms with Gasteiger partial charge in [0.15, 0.2) is 0 Å². The molecule has 17 heavy (non-hydrogen) atoms. The Morgan fingerprint density at radius 2 is 1.53 bits per heavy atom. The van der Waals surface area contributed by atoms with Crippen LogP contribution in [0.4, 0.5) is 0 Å². The molecule has 0 aromatic heterocycles. The first-order valence-electron chi connectivity index (χ1n) is 6.26. The molecule has 102 valence electrons. The third-order valence-electron chi connectivity index (χ3n) is 1.99. The minimum absolute atomic E-state index is 0.562. The largest absolute Gasteiger partial charge is 0.501 e. The summed E-state index contributed by atoms with van der Waals surface area (Å²) in [6.45, 7) is 10.1. The van der Waals surface area contributed by atoms with Crippen LogP contribution in [-0.4, -0.2) is 41.4 Å². The third-order valence-corrected chi connectivity index (χ3v) is 5.14. The fraction of sp³-hybridized carbons (Fsp3) is 0.909. The monoisotopic (exact) mass is 263 g/mol. The molecule has 0 N–H and O–H groups in total. The summed E-state index contributed by atoms with van der Waals surface area (Å²) in [5, 5.41) is 3.70. The second-order valence-corrected chi connectivity index (χ2v) is 6.01. The molecule has 0 aliphatic heterocycles. The second-order valence-electron chi connectivity index (χ2n) is 3.28. The van der Waals surface area contributed by atoms with Crippen molar-refractivity contribution in [1.82, 2.24) is 0 Å². The molecule has 0 amide bonds. The Labute approximate surface area is 105 Å². The third kappa shape index (κ3) is 7.48. The molecule has 0 fully saturated rings. The first-order chi connectivity index (χ1) is 8.24. The summed E-state index contributed by atoms with van der Waals surface area (Å²) in [6.07, 6.45) is 2.45. The fourth-order valence-corrected chi connectivity index (χ4v) is 4.06. The SMILES string of the molecule is C/C=N/OCCC[Si](OCC)(OCC)OCC. The van der Waals surface area contributed by atoms with E-state index < -0.39 is 8.80 Å². The van der Waals surface area contributed by atoms with Gasteiger partial charge in [0, 0.05) is 32.1 Å². The highest BCUT2D eigenvalue weighted by atomic mass is 28.4. The van der Waals surface area contributed by atoms with Crippen LogP contribution in [0.5, 0.6) is 0 Å². The van der Waals surface area contributed by atoms with Crippen LogP contribution in [-0.2, 0) is 18.1 Å². The Bertz CT molecular complexity index is 185. The number of oxime groups is 1. The predicted molar refractivity (Wildman–Crippen MR) is 70.2 cm³/mol. The first kappa shape index (κ1) is 16.6. The Morgan fingerprint density at radius 3 is 1.94 bits per heavy atom. The van der Waals surface area contributed by atoms with Crippen molar-refractivity contribution in [3.05, 3.63) is 0 Å². The average Bonchev–Trinajstić information content (AvgIpc) is 2.30. The predicted octanol–water partition coefficient (Wildman–Crippen LogP) is 2.45. The molecule has 0 atom stereocenters. The summed E-state index contributed by atoms with van der Waals surface area (Å²) in [5.74, 6) is 0. The van der Waals surface area contributed by atoms with E-state index in [1.165, 1.54) is 0 Å². The summed E-state index contributed by atoms with van der Waals surface area (Å²) in [5.41, 5.74) is 0. The first-order valence-corrected chi connectivity index (χ1v) is 8.19. The van der Waals surface area contributed by atoms with Crippen LogP contribution in [0.2, 0.25) is 6.04 Å². The maximum Gasteiger partial charge on any atom is 0.501 e. The van der Waals surface area contributed by atoms with Gasteiger partial charge in [-0.05, 0) is 34.1 Å². The molecule has 0 spiro atoms. The molecule has 0 saturated heterocycles. The van der Waals surface area contributed by atoms with Crippen molar-refractivity contribution in [2.24, 2.45) is 5.16 Å². The van der Waals surface area contributed by atoms with Crippen LogP contribution in [0.3, 0.4) is 0 Å². The Morgan fingerprint density at radius 1 is 1.00 bits per heavy atom. The molecule has 0 saturated carbocycles. The van der Waals surface area contributed by atoms with Gasteiger partial charge in [-0.15, -0.1) is 0 Å². The van der Waals surface area contributed by atoms with Gasteiger partial charge in [-0.2, -0.15) is 0 Å². The standard InChI is InChI=1S/C11H25NO4Si/c1-5-12-13-10-9-11-17(14-6-2,15-7-3)16-8-4/h5H,6-11H2,1-4H3/b12-5+. The van der Waals surface area contributed by atoms with Crippen molar-refractivity contribution in [3.63, 3.8) is 0 Å². The zero-order valence-electron chi connectivity index (χ0n) is 11.4. The van der Waals surface area contributed by atoms with Gasteiger partial charge in [-0.25, -0.2) is 0 Å². The highest BCUT2D eigenvalue weighted by Crippen LogP contribution is 2.18. The van der Waals surface area contributed by atoms with Crippen molar-refractivity contribution in [2.75, 3.05) is 26.4 Å². The van der Waals surface area contributed by atoms with Gasteiger partial charge in [0.25, 0.3) is 0 Å². The van der Waals surface area contributed by atoms with Gasteiger partial charge in [-0.3, -0.25) is 0 Å². The van der Waals surface area contributed by atoms with Crippen LogP contribution in [0.1, 0.15) is 34.1 Å². The van der Waals surface area contributed by atoms with E-state index in [2.05, 4.69) is 5.16 Å². The number of hydrogen-bond donors (Lipinski definition) is 0. The molecule has 0 heterocycles. The molecule has 0 aliphatic carbocycles. The van der Waals surface area contributed by atoms with E-state index in [0.717, 1.165) is 12.5 Å². The van der Waals surface area contributed by atoms with Crippen molar-refractivity contribution in [3.8, 4) is 0 Å². The molecule has 0 aromatic carbocycles. The lowest BCUT2D eigenvalue weighted by Gasteiger charge is -2.28. The van der Waals surface area contributed by atoms with Crippen molar-refractivity contribution < 1.29 is 18.1 Å². The van der Waals surface area contributed by atoms with E-state index in [1.54, 1.807) is 6.21 Å². The zero-order valence-corrected chi connectivity index (χ0v) is 12.4. The maximum absolute atomic E-state index is 5.72. The van der Waals surface area contributed by atoms with Gasteiger partial charge in [0.1, 0.15) is 6.61 Å². The molecule has 0 bridgehead atoms. The lowest BCUT2D eigenvalue weighted by Crippen LogP contribution is -2.46. The topological polar surface area (TPSA) is 49.3 Å². The van der Waals surface area contributed by atoms with E-state index in [9.17, 15) is 0 Å². The molecule has 6 heteroatoms. The van der Waals surface area contributed by atoms with Crippen LogP contribution >= 0.6 is 0 Å². The second kappa shape index (κ2) is 10.7. The fourth-order valence-electron chi connectivity index (χ4n) is 1.48. The Kier molecular flexibility index (Phi) is 10.4. The van der Waals surface area contributed by atoms with Crippen LogP contribution in [0, 0.1) is 0 Å². The Hall–Kier alpha value is -0.433. The van der Waals surface area contributed by atoms with Crippen LogP contribution in [0.15, 0.2) is 5.16 Å². The van der Waals surface area contributed by atoms with Crippen molar-refractivity contribution in [2.45, 2.75) is 40.2 Å². The number of hydrogen-bond acceptors (Lipinski definition) is 5. The Balaban J connectivity index is 4.13. The smallest absolute Gasteiger partial charge is 0.396 e. The number of nitrogens with zero attached hydrogens (tertiary/aromatic N) is 1. The van der Waals surface area contributed by atoms with E-state index in [0.29, 0.717) is 26.4 Å². The summed E-state index contributed by atoms with van der Waals surface area (Å²) in [7, 11) is -2.49. The maximum atomic E-state index is 5.72. The molecule has 5 nitrogen and oxygen atoms in total. The zero-order chi connectivity index (χ0) is 13.0. The van der Waals surface area contributed by atoms with E-state index in [-0.39, 0.29) is 0 Å².